The quantitative estimate of drug-likeness (QED) is 0.827. The van der Waals surface area contributed by atoms with Gasteiger partial charge in [-0.2, -0.15) is 0 Å². The van der Waals surface area contributed by atoms with E-state index in [1.807, 2.05) is 18.2 Å². The second-order valence-corrected chi connectivity index (χ2v) is 3.76. The molecule has 0 fully saturated rings. The smallest absolute Gasteiger partial charge is 0.151 e. The lowest BCUT2D eigenvalue weighted by molar-refractivity contribution is -0.119. The first-order valence-electron chi connectivity index (χ1n) is 5.48. The highest BCUT2D eigenvalue weighted by Gasteiger charge is 2.15. The molecule has 1 rings (SSSR count). The van der Waals surface area contributed by atoms with Crippen molar-refractivity contribution in [2.24, 2.45) is 0 Å². The van der Waals surface area contributed by atoms with Crippen LogP contribution < -0.4 is 10.1 Å². The van der Waals surface area contributed by atoms with Crippen LogP contribution in [0.1, 0.15) is 31.0 Å². The van der Waals surface area contributed by atoms with Crippen molar-refractivity contribution >= 4 is 5.78 Å². The molecule has 0 saturated carbocycles. The summed E-state index contributed by atoms with van der Waals surface area (Å²) in [6.07, 6.45) is 0.894. The van der Waals surface area contributed by atoms with Crippen molar-refractivity contribution in [1.82, 2.24) is 5.32 Å². The summed E-state index contributed by atoms with van der Waals surface area (Å²) in [5.41, 5.74) is 2.12. The average Bonchev–Trinajstić information content (AvgIpc) is 2.29. The van der Waals surface area contributed by atoms with E-state index < -0.39 is 0 Å². The van der Waals surface area contributed by atoms with Gasteiger partial charge < -0.3 is 10.1 Å². The molecule has 0 aliphatic rings. The Bertz CT molecular complexity index is 374. The number of carbonyl (C=O) groups is 1. The zero-order valence-corrected chi connectivity index (χ0v) is 10.3. The normalized spacial score (nSPS) is 12.2. The van der Waals surface area contributed by atoms with Crippen molar-refractivity contribution < 1.29 is 9.53 Å². The summed E-state index contributed by atoms with van der Waals surface area (Å²) in [6, 6.07) is 5.65. The fourth-order valence-electron chi connectivity index (χ4n) is 1.86. The van der Waals surface area contributed by atoms with E-state index in [9.17, 15) is 4.79 Å². The molecule has 88 valence electrons. The molecule has 0 saturated heterocycles. The summed E-state index contributed by atoms with van der Waals surface area (Å²) in [6.45, 7) is 3.67. The first-order chi connectivity index (χ1) is 7.63. The van der Waals surface area contributed by atoms with Gasteiger partial charge in [0.05, 0.1) is 13.2 Å². The van der Waals surface area contributed by atoms with Crippen molar-refractivity contribution in [3.8, 4) is 5.75 Å². The van der Waals surface area contributed by atoms with Crippen molar-refractivity contribution in [3.63, 3.8) is 0 Å². The topological polar surface area (TPSA) is 38.3 Å². The van der Waals surface area contributed by atoms with Gasteiger partial charge in [0, 0.05) is 0 Å². The number of rotatable bonds is 5. The fourth-order valence-corrected chi connectivity index (χ4v) is 1.86. The summed E-state index contributed by atoms with van der Waals surface area (Å²) in [4.78, 5) is 11.4. The van der Waals surface area contributed by atoms with E-state index >= 15 is 0 Å². The van der Waals surface area contributed by atoms with Crippen molar-refractivity contribution in [2.45, 2.75) is 26.3 Å². The van der Waals surface area contributed by atoms with E-state index in [1.54, 1.807) is 21.1 Å². The van der Waals surface area contributed by atoms with Gasteiger partial charge in [-0.3, -0.25) is 4.79 Å². The third-order valence-electron chi connectivity index (χ3n) is 2.71. The second-order valence-electron chi connectivity index (χ2n) is 3.76. The molecule has 0 amide bonds. The Kier molecular flexibility index (Phi) is 4.50. The summed E-state index contributed by atoms with van der Waals surface area (Å²) in [7, 11) is 3.45. The molecule has 1 aromatic rings. The minimum atomic E-state index is -0.226. The SMILES string of the molecule is CCc1cc(C(NC)C(C)=O)ccc1OC. The molecule has 0 aliphatic carbocycles. The highest BCUT2D eigenvalue weighted by Crippen LogP contribution is 2.24. The Labute approximate surface area is 96.8 Å². The van der Waals surface area contributed by atoms with Gasteiger partial charge in [0.25, 0.3) is 0 Å². The fraction of sp³-hybridized carbons (Fsp3) is 0.462. The van der Waals surface area contributed by atoms with Crippen LogP contribution in [0, 0.1) is 0 Å². The Balaban J connectivity index is 3.11. The van der Waals surface area contributed by atoms with E-state index in [0.717, 1.165) is 23.3 Å². The Morgan fingerprint density at radius 3 is 2.62 bits per heavy atom. The first kappa shape index (κ1) is 12.7. The van der Waals surface area contributed by atoms with E-state index in [-0.39, 0.29) is 11.8 Å². The number of benzene rings is 1. The monoisotopic (exact) mass is 221 g/mol. The van der Waals surface area contributed by atoms with Crippen LogP contribution in [0.3, 0.4) is 0 Å². The van der Waals surface area contributed by atoms with Gasteiger partial charge >= 0.3 is 0 Å². The second kappa shape index (κ2) is 5.66. The van der Waals surface area contributed by atoms with Crippen LogP contribution in [-0.4, -0.2) is 19.9 Å². The average molecular weight is 221 g/mol. The molecule has 0 spiro atoms. The summed E-state index contributed by atoms with van der Waals surface area (Å²) < 4.78 is 5.26. The van der Waals surface area contributed by atoms with Crippen molar-refractivity contribution in [2.75, 3.05) is 14.2 Å². The number of hydrogen-bond acceptors (Lipinski definition) is 3. The summed E-state index contributed by atoms with van der Waals surface area (Å²) >= 11 is 0. The van der Waals surface area contributed by atoms with Crippen LogP contribution in [0.2, 0.25) is 0 Å². The highest BCUT2D eigenvalue weighted by molar-refractivity contribution is 5.83. The third kappa shape index (κ3) is 2.61. The molecule has 3 heteroatoms. The molecule has 1 N–H and O–H groups in total. The molecule has 3 nitrogen and oxygen atoms in total. The van der Waals surface area contributed by atoms with Gasteiger partial charge in [-0.1, -0.05) is 19.1 Å². The predicted octanol–water partition coefficient (Wildman–Crippen LogP) is 2.11. The number of nitrogens with one attached hydrogen (secondary N) is 1. The lowest BCUT2D eigenvalue weighted by atomic mass is 9.99. The Morgan fingerprint density at radius 1 is 1.50 bits per heavy atom. The van der Waals surface area contributed by atoms with Crippen LogP contribution in [0.15, 0.2) is 18.2 Å². The number of Topliss-reactive ketones (excluding diaryl/α,β-unsaturated/α-hetero) is 1. The number of methoxy groups -OCH3 is 1. The number of hydrogen-bond donors (Lipinski definition) is 1. The third-order valence-corrected chi connectivity index (χ3v) is 2.71. The standard InChI is InChI=1S/C13H19NO2/c1-5-10-8-11(6-7-12(10)16-4)13(14-3)9(2)15/h6-8,13-14H,5H2,1-4H3. The van der Waals surface area contributed by atoms with Gasteiger partial charge in [-0.05, 0) is 37.6 Å². The molecule has 0 heterocycles. The first-order valence-corrected chi connectivity index (χ1v) is 5.48. The number of likely N-dealkylation sites (N-methyl/N-ethyl adjacent to an activating group) is 1. The lowest BCUT2D eigenvalue weighted by Crippen LogP contribution is -2.23. The minimum Gasteiger partial charge on any atom is -0.496 e. The van der Waals surface area contributed by atoms with Crippen LogP contribution >= 0.6 is 0 Å². The molecule has 0 aromatic heterocycles. The zero-order valence-electron chi connectivity index (χ0n) is 10.3. The van der Waals surface area contributed by atoms with Gasteiger partial charge in [0.1, 0.15) is 5.75 Å². The Hall–Kier alpha value is -1.35. The summed E-state index contributed by atoms with van der Waals surface area (Å²) in [5.74, 6) is 0.999. The molecular weight excluding hydrogens is 202 g/mol. The Morgan fingerprint density at radius 2 is 2.19 bits per heavy atom. The van der Waals surface area contributed by atoms with Crippen molar-refractivity contribution in [1.29, 1.82) is 0 Å². The van der Waals surface area contributed by atoms with Gasteiger partial charge in [0.2, 0.25) is 0 Å². The van der Waals surface area contributed by atoms with Crippen LogP contribution in [0.4, 0.5) is 0 Å². The maximum absolute atomic E-state index is 11.4. The van der Waals surface area contributed by atoms with Crippen LogP contribution in [-0.2, 0) is 11.2 Å². The van der Waals surface area contributed by atoms with Gasteiger partial charge in [-0.25, -0.2) is 0 Å². The van der Waals surface area contributed by atoms with E-state index in [4.69, 9.17) is 4.74 Å². The number of aryl methyl sites for hydroxylation is 1. The largest absolute Gasteiger partial charge is 0.496 e. The summed E-state index contributed by atoms with van der Waals surface area (Å²) in [5, 5.41) is 3.02. The number of ether oxygens (including phenoxy) is 1. The lowest BCUT2D eigenvalue weighted by Gasteiger charge is -2.15. The highest BCUT2D eigenvalue weighted by atomic mass is 16.5. The molecule has 0 bridgehead atoms. The molecule has 16 heavy (non-hydrogen) atoms. The molecule has 1 atom stereocenters. The molecule has 1 unspecified atom stereocenters. The number of carbonyl (C=O) groups excluding carboxylic acids is 1. The van der Waals surface area contributed by atoms with Gasteiger partial charge in [0.15, 0.2) is 5.78 Å². The zero-order chi connectivity index (χ0) is 12.1. The maximum atomic E-state index is 11.4. The maximum Gasteiger partial charge on any atom is 0.151 e. The molecule has 1 aromatic carbocycles. The molecule has 0 aliphatic heterocycles. The molecular formula is C13H19NO2. The van der Waals surface area contributed by atoms with Crippen molar-refractivity contribution in [3.05, 3.63) is 29.3 Å². The predicted molar refractivity (Wildman–Crippen MR) is 64.9 cm³/mol. The minimum absolute atomic E-state index is 0.120. The van der Waals surface area contributed by atoms with E-state index in [2.05, 4.69) is 12.2 Å². The number of ketones is 1. The van der Waals surface area contributed by atoms with Crippen LogP contribution in [0.25, 0.3) is 0 Å². The van der Waals surface area contributed by atoms with Gasteiger partial charge in [-0.15, -0.1) is 0 Å². The van der Waals surface area contributed by atoms with E-state index in [0.29, 0.717) is 0 Å². The molecule has 0 radical (unpaired) electrons. The van der Waals surface area contributed by atoms with E-state index in [1.165, 1.54) is 0 Å². The van der Waals surface area contributed by atoms with Crippen LogP contribution in [0.5, 0.6) is 5.75 Å².